The lowest BCUT2D eigenvalue weighted by Gasteiger charge is -2.24. The Hall–Kier alpha value is -1.10. The SMILES string of the molecule is Cc1csc(C2CCN(C(=O)OC(C)(C)C)C2)n1. The van der Waals surface area contributed by atoms with Gasteiger partial charge in [-0.2, -0.15) is 0 Å². The van der Waals surface area contributed by atoms with Crippen molar-refractivity contribution < 1.29 is 9.53 Å². The Morgan fingerprint density at radius 1 is 1.56 bits per heavy atom. The number of aryl methyl sites for hydroxylation is 1. The van der Waals surface area contributed by atoms with Crippen LogP contribution in [-0.4, -0.2) is 34.7 Å². The van der Waals surface area contributed by atoms with E-state index in [2.05, 4.69) is 10.4 Å². The zero-order valence-electron chi connectivity index (χ0n) is 11.4. The Kier molecular flexibility index (Phi) is 3.61. The lowest BCUT2D eigenvalue weighted by Crippen LogP contribution is -2.35. The maximum Gasteiger partial charge on any atom is 0.410 e. The highest BCUT2D eigenvalue weighted by molar-refractivity contribution is 7.09. The largest absolute Gasteiger partial charge is 0.444 e. The Morgan fingerprint density at radius 3 is 2.83 bits per heavy atom. The summed E-state index contributed by atoms with van der Waals surface area (Å²) in [5, 5.41) is 3.20. The second kappa shape index (κ2) is 4.88. The summed E-state index contributed by atoms with van der Waals surface area (Å²) in [5.41, 5.74) is 0.637. The van der Waals surface area contributed by atoms with E-state index >= 15 is 0 Å². The van der Waals surface area contributed by atoms with E-state index in [1.54, 1.807) is 16.2 Å². The number of carbonyl (C=O) groups is 1. The minimum atomic E-state index is -0.424. The first-order chi connectivity index (χ1) is 8.35. The number of carbonyl (C=O) groups excluding carboxylic acids is 1. The van der Waals surface area contributed by atoms with E-state index in [9.17, 15) is 4.79 Å². The molecule has 0 N–H and O–H groups in total. The van der Waals surface area contributed by atoms with Crippen LogP contribution in [0.3, 0.4) is 0 Å². The highest BCUT2D eigenvalue weighted by Crippen LogP contribution is 2.30. The molecule has 1 aromatic heterocycles. The van der Waals surface area contributed by atoms with Crippen molar-refractivity contribution >= 4 is 17.4 Å². The molecule has 0 spiro atoms. The average Bonchev–Trinajstić information content (AvgIpc) is 2.82. The first kappa shape index (κ1) is 13.3. The fourth-order valence-electron chi connectivity index (χ4n) is 2.01. The van der Waals surface area contributed by atoms with Crippen LogP contribution in [0.15, 0.2) is 5.38 Å². The number of hydrogen-bond donors (Lipinski definition) is 0. The average molecular weight is 268 g/mol. The fraction of sp³-hybridized carbons (Fsp3) is 0.692. The smallest absolute Gasteiger partial charge is 0.410 e. The van der Waals surface area contributed by atoms with Crippen molar-refractivity contribution in [1.29, 1.82) is 0 Å². The molecule has 18 heavy (non-hydrogen) atoms. The molecule has 0 saturated carbocycles. The molecule has 2 heterocycles. The number of rotatable bonds is 1. The lowest BCUT2D eigenvalue weighted by atomic mass is 10.1. The van der Waals surface area contributed by atoms with Crippen LogP contribution in [0.4, 0.5) is 4.79 Å². The van der Waals surface area contributed by atoms with Crippen molar-refractivity contribution in [2.45, 2.75) is 45.6 Å². The topological polar surface area (TPSA) is 42.4 Å². The van der Waals surface area contributed by atoms with Gasteiger partial charge in [0.15, 0.2) is 0 Å². The highest BCUT2D eigenvalue weighted by Gasteiger charge is 2.31. The minimum absolute atomic E-state index is 0.210. The van der Waals surface area contributed by atoms with Gasteiger partial charge >= 0.3 is 6.09 Å². The summed E-state index contributed by atoms with van der Waals surface area (Å²) in [5.74, 6) is 0.371. The molecule has 1 amide bonds. The van der Waals surface area contributed by atoms with Crippen LogP contribution < -0.4 is 0 Å². The number of ether oxygens (including phenoxy) is 1. The molecule has 0 bridgehead atoms. The number of amides is 1. The third-order valence-corrected chi connectivity index (χ3v) is 3.95. The van der Waals surface area contributed by atoms with Crippen LogP contribution in [0, 0.1) is 6.92 Å². The summed E-state index contributed by atoms with van der Waals surface area (Å²) < 4.78 is 5.38. The third kappa shape index (κ3) is 3.22. The summed E-state index contributed by atoms with van der Waals surface area (Å²) in [4.78, 5) is 18.2. The predicted molar refractivity (Wildman–Crippen MR) is 72.0 cm³/mol. The summed E-state index contributed by atoms with van der Waals surface area (Å²) in [6.07, 6.45) is 0.768. The molecule has 1 aromatic rings. The summed E-state index contributed by atoms with van der Waals surface area (Å²) in [6.45, 7) is 9.16. The molecule has 1 aliphatic heterocycles. The maximum absolute atomic E-state index is 11.9. The molecule has 1 aliphatic rings. The van der Waals surface area contributed by atoms with Gasteiger partial charge < -0.3 is 9.64 Å². The third-order valence-electron chi connectivity index (χ3n) is 2.83. The number of nitrogens with zero attached hydrogens (tertiary/aromatic N) is 2. The van der Waals surface area contributed by atoms with Crippen molar-refractivity contribution in [3.63, 3.8) is 0 Å². The summed E-state index contributed by atoms with van der Waals surface area (Å²) in [7, 11) is 0. The predicted octanol–water partition coefficient (Wildman–Crippen LogP) is 3.18. The van der Waals surface area contributed by atoms with Crippen molar-refractivity contribution in [2.24, 2.45) is 0 Å². The van der Waals surface area contributed by atoms with Gasteiger partial charge in [-0.05, 0) is 34.1 Å². The highest BCUT2D eigenvalue weighted by atomic mass is 32.1. The Labute approximate surface area is 112 Å². The molecule has 2 rings (SSSR count). The van der Waals surface area contributed by atoms with Crippen molar-refractivity contribution in [3.8, 4) is 0 Å². The van der Waals surface area contributed by atoms with Gasteiger partial charge in [-0.25, -0.2) is 9.78 Å². The van der Waals surface area contributed by atoms with Crippen LogP contribution in [0.2, 0.25) is 0 Å². The van der Waals surface area contributed by atoms with Gasteiger partial charge in [-0.3, -0.25) is 0 Å². The number of aromatic nitrogens is 1. The molecule has 100 valence electrons. The van der Waals surface area contributed by atoms with Gasteiger partial charge in [0.1, 0.15) is 5.60 Å². The minimum Gasteiger partial charge on any atom is -0.444 e. The van der Waals surface area contributed by atoms with Crippen LogP contribution >= 0.6 is 11.3 Å². The van der Waals surface area contributed by atoms with E-state index in [-0.39, 0.29) is 6.09 Å². The second-order valence-electron chi connectivity index (χ2n) is 5.74. The van der Waals surface area contributed by atoms with E-state index in [0.29, 0.717) is 5.92 Å². The number of hydrogen-bond acceptors (Lipinski definition) is 4. The van der Waals surface area contributed by atoms with Crippen molar-refractivity contribution in [3.05, 3.63) is 16.1 Å². The summed E-state index contributed by atoms with van der Waals surface area (Å²) >= 11 is 1.68. The standard InChI is InChI=1S/C13H20N2O2S/c1-9-8-18-11(14-9)10-5-6-15(7-10)12(16)17-13(2,3)4/h8,10H,5-7H2,1-4H3. The van der Waals surface area contributed by atoms with E-state index in [0.717, 1.165) is 30.2 Å². The molecule has 4 nitrogen and oxygen atoms in total. The second-order valence-corrected chi connectivity index (χ2v) is 6.63. The molecule has 0 aliphatic carbocycles. The summed E-state index contributed by atoms with van der Waals surface area (Å²) in [6, 6.07) is 0. The number of thiazole rings is 1. The van der Waals surface area contributed by atoms with Crippen LogP contribution in [0.5, 0.6) is 0 Å². The van der Waals surface area contributed by atoms with E-state index in [4.69, 9.17) is 4.74 Å². The molecule has 1 atom stereocenters. The molecular weight excluding hydrogens is 248 g/mol. The van der Waals surface area contributed by atoms with Gasteiger partial charge in [0.2, 0.25) is 0 Å². The molecule has 1 unspecified atom stereocenters. The Morgan fingerprint density at radius 2 is 2.28 bits per heavy atom. The first-order valence-corrected chi connectivity index (χ1v) is 7.13. The lowest BCUT2D eigenvalue weighted by molar-refractivity contribution is 0.0292. The van der Waals surface area contributed by atoms with Gasteiger partial charge in [0.25, 0.3) is 0 Å². The van der Waals surface area contributed by atoms with Crippen LogP contribution in [0.25, 0.3) is 0 Å². The Bertz CT molecular complexity index is 436. The van der Waals surface area contributed by atoms with Crippen LogP contribution in [-0.2, 0) is 4.74 Å². The molecule has 5 heteroatoms. The van der Waals surface area contributed by atoms with E-state index in [1.807, 2.05) is 27.7 Å². The van der Waals surface area contributed by atoms with Gasteiger partial charge in [-0.15, -0.1) is 11.3 Å². The zero-order valence-corrected chi connectivity index (χ0v) is 12.2. The fourth-order valence-corrected chi connectivity index (χ4v) is 2.94. The van der Waals surface area contributed by atoms with Gasteiger partial charge in [-0.1, -0.05) is 0 Å². The zero-order chi connectivity index (χ0) is 13.3. The molecule has 0 radical (unpaired) electrons. The monoisotopic (exact) mass is 268 g/mol. The molecule has 1 saturated heterocycles. The first-order valence-electron chi connectivity index (χ1n) is 6.25. The molecule has 0 aromatic carbocycles. The number of likely N-dealkylation sites (tertiary alicyclic amines) is 1. The van der Waals surface area contributed by atoms with Gasteiger partial charge in [0, 0.05) is 30.1 Å². The molecule has 1 fully saturated rings. The molecular formula is C13H20N2O2S. The maximum atomic E-state index is 11.9. The van der Waals surface area contributed by atoms with Gasteiger partial charge in [0.05, 0.1) is 5.01 Å². The van der Waals surface area contributed by atoms with Crippen molar-refractivity contribution in [2.75, 3.05) is 13.1 Å². The van der Waals surface area contributed by atoms with E-state index < -0.39 is 5.60 Å². The quantitative estimate of drug-likeness (QED) is 0.785. The van der Waals surface area contributed by atoms with E-state index in [1.165, 1.54) is 0 Å². The van der Waals surface area contributed by atoms with Crippen LogP contribution in [0.1, 0.15) is 43.8 Å². The Balaban J connectivity index is 1.94. The normalized spacial score (nSPS) is 20.2. The van der Waals surface area contributed by atoms with Crippen molar-refractivity contribution in [1.82, 2.24) is 9.88 Å².